The first-order valence-electron chi connectivity index (χ1n) is 7.22. The number of hydrogen-bond donors (Lipinski definition) is 1. The monoisotopic (exact) mass is 281 g/mol. The van der Waals surface area contributed by atoms with E-state index in [4.69, 9.17) is 4.74 Å². The van der Waals surface area contributed by atoms with Crippen LogP contribution in [0.15, 0.2) is 48.5 Å². The van der Waals surface area contributed by atoms with Gasteiger partial charge in [0.15, 0.2) is 0 Å². The van der Waals surface area contributed by atoms with Gasteiger partial charge in [-0.1, -0.05) is 48.5 Å². The predicted molar refractivity (Wildman–Crippen MR) is 82.0 cm³/mol. The van der Waals surface area contributed by atoms with Crippen LogP contribution in [0.3, 0.4) is 0 Å². The van der Waals surface area contributed by atoms with Gasteiger partial charge in [0.05, 0.1) is 7.11 Å². The molecule has 0 fully saturated rings. The molecule has 21 heavy (non-hydrogen) atoms. The van der Waals surface area contributed by atoms with Crippen LogP contribution in [0.5, 0.6) is 0 Å². The molecule has 1 heterocycles. The lowest BCUT2D eigenvalue weighted by molar-refractivity contribution is -0.143. The molecule has 0 radical (unpaired) electrons. The van der Waals surface area contributed by atoms with Crippen molar-refractivity contribution in [3.8, 4) is 0 Å². The quantitative estimate of drug-likeness (QED) is 0.878. The smallest absolute Gasteiger partial charge is 0.323 e. The maximum atomic E-state index is 11.8. The molecule has 3 rings (SSSR count). The Morgan fingerprint density at radius 3 is 2.76 bits per heavy atom. The number of ether oxygens (including phenoxy) is 1. The summed E-state index contributed by atoms with van der Waals surface area (Å²) in [6.07, 6.45) is 1.60. The minimum Gasteiger partial charge on any atom is -0.468 e. The van der Waals surface area contributed by atoms with Crippen molar-refractivity contribution in [1.82, 2.24) is 5.32 Å². The van der Waals surface area contributed by atoms with Gasteiger partial charge in [-0.15, -0.1) is 0 Å². The van der Waals surface area contributed by atoms with Crippen molar-refractivity contribution in [1.29, 1.82) is 0 Å². The molecule has 0 unspecified atom stereocenters. The molecule has 2 aromatic carbocycles. The van der Waals surface area contributed by atoms with Crippen LogP contribution in [0.25, 0.3) is 0 Å². The number of hydrogen-bond acceptors (Lipinski definition) is 3. The Labute approximate surface area is 124 Å². The van der Waals surface area contributed by atoms with Gasteiger partial charge in [-0.2, -0.15) is 0 Å². The highest BCUT2D eigenvalue weighted by Crippen LogP contribution is 2.23. The average Bonchev–Trinajstić information content (AvgIpc) is 2.55. The number of nitrogens with one attached hydrogen (secondary N) is 1. The van der Waals surface area contributed by atoms with Gasteiger partial charge in [-0.05, 0) is 35.1 Å². The molecule has 108 valence electrons. The van der Waals surface area contributed by atoms with Crippen LogP contribution < -0.4 is 5.32 Å². The molecule has 1 aliphatic rings. The lowest BCUT2D eigenvalue weighted by atomic mass is 9.89. The van der Waals surface area contributed by atoms with Crippen LogP contribution >= 0.6 is 0 Å². The predicted octanol–water partition coefficient (Wildman–Crippen LogP) is 2.46. The Morgan fingerprint density at radius 2 is 2.00 bits per heavy atom. The fraction of sp³-hybridized carbons (Fsp3) is 0.278. The van der Waals surface area contributed by atoms with Crippen LogP contribution in [0, 0.1) is 0 Å². The van der Waals surface area contributed by atoms with Crippen molar-refractivity contribution in [3.05, 3.63) is 70.8 Å². The highest BCUT2D eigenvalue weighted by Gasteiger charge is 2.26. The van der Waals surface area contributed by atoms with Crippen LogP contribution in [0.1, 0.15) is 22.3 Å². The van der Waals surface area contributed by atoms with Gasteiger partial charge in [0.1, 0.15) is 6.04 Å². The highest BCUT2D eigenvalue weighted by atomic mass is 16.5. The van der Waals surface area contributed by atoms with Gasteiger partial charge in [-0.25, -0.2) is 0 Å². The molecule has 3 heteroatoms. The lowest BCUT2D eigenvalue weighted by Gasteiger charge is -2.26. The summed E-state index contributed by atoms with van der Waals surface area (Å²) in [5.41, 5.74) is 5.16. The number of fused-ring (bicyclic) bond motifs is 1. The standard InChI is InChI=1S/C18H19NO2/c1-21-18(20)17-11-16-14(8-5-9-15(16)12-19-17)10-13-6-3-2-4-7-13/h2-9,17,19H,10-12H2,1H3/t17-/m0/s1. The van der Waals surface area contributed by atoms with Crippen LogP contribution in [-0.2, 0) is 28.9 Å². The third-order valence-corrected chi connectivity index (χ3v) is 4.04. The molecule has 1 aliphatic heterocycles. The fourth-order valence-corrected chi connectivity index (χ4v) is 2.92. The maximum Gasteiger partial charge on any atom is 0.323 e. The van der Waals surface area contributed by atoms with Gasteiger partial charge in [0, 0.05) is 6.54 Å². The molecule has 0 saturated carbocycles. The normalized spacial score (nSPS) is 17.1. The maximum absolute atomic E-state index is 11.8. The first-order chi connectivity index (χ1) is 10.3. The lowest BCUT2D eigenvalue weighted by Crippen LogP contribution is -2.42. The zero-order valence-corrected chi connectivity index (χ0v) is 12.1. The zero-order valence-electron chi connectivity index (χ0n) is 12.1. The van der Waals surface area contributed by atoms with E-state index in [9.17, 15) is 4.79 Å². The minimum absolute atomic E-state index is 0.185. The van der Waals surface area contributed by atoms with E-state index >= 15 is 0 Å². The number of benzene rings is 2. The highest BCUT2D eigenvalue weighted by molar-refractivity contribution is 5.76. The van der Waals surface area contributed by atoms with E-state index in [1.54, 1.807) is 0 Å². The molecular formula is C18H19NO2. The summed E-state index contributed by atoms with van der Waals surface area (Å²) in [5, 5.41) is 3.24. The first kappa shape index (κ1) is 13.8. The SMILES string of the molecule is COC(=O)[C@@H]1Cc2c(cccc2Cc2ccccc2)CN1. The molecular weight excluding hydrogens is 262 g/mol. The summed E-state index contributed by atoms with van der Waals surface area (Å²) in [4.78, 5) is 11.8. The molecule has 1 atom stereocenters. The molecule has 0 aromatic heterocycles. The van der Waals surface area contributed by atoms with Crippen molar-refractivity contribution >= 4 is 5.97 Å². The van der Waals surface area contributed by atoms with Gasteiger partial charge in [0.25, 0.3) is 0 Å². The van der Waals surface area contributed by atoms with Crippen molar-refractivity contribution in [2.75, 3.05) is 7.11 Å². The molecule has 1 N–H and O–H groups in total. The number of esters is 1. The molecule has 0 saturated heterocycles. The van der Waals surface area contributed by atoms with E-state index in [2.05, 4.69) is 47.8 Å². The molecule has 0 aliphatic carbocycles. The molecule has 3 nitrogen and oxygen atoms in total. The summed E-state index contributed by atoms with van der Waals surface area (Å²) in [5.74, 6) is -0.185. The summed E-state index contributed by atoms with van der Waals surface area (Å²) in [7, 11) is 1.44. The third kappa shape index (κ3) is 2.98. The Balaban J connectivity index is 1.88. The second kappa shape index (κ2) is 6.10. The Hall–Kier alpha value is -2.13. The van der Waals surface area contributed by atoms with Crippen molar-refractivity contribution in [2.24, 2.45) is 0 Å². The average molecular weight is 281 g/mol. The fourth-order valence-electron chi connectivity index (χ4n) is 2.92. The van der Waals surface area contributed by atoms with E-state index in [1.807, 2.05) is 6.07 Å². The number of rotatable bonds is 3. The molecule has 2 aromatic rings. The van der Waals surface area contributed by atoms with Crippen molar-refractivity contribution in [2.45, 2.75) is 25.4 Å². The van der Waals surface area contributed by atoms with E-state index in [-0.39, 0.29) is 12.0 Å². The molecule has 0 amide bonds. The number of carbonyl (C=O) groups excluding carboxylic acids is 1. The zero-order chi connectivity index (χ0) is 14.7. The third-order valence-electron chi connectivity index (χ3n) is 4.04. The van der Waals surface area contributed by atoms with Gasteiger partial charge in [0.2, 0.25) is 0 Å². The second-order valence-corrected chi connectivity index (χ2v) is 5.38. The van der Waals surface area contributed by atoms with E-state index in [0.29, 0.717) is 6.42 Å². The Bertz CT molecular complexity index is 637. The van der Waals surface area contributed by atoms with E-state index in [0.717, 1.165) is 13.0 Å². The number of methoxy groups -OCH3 is 1. The van der Waals surface area contributed by atoms with Gasteiger partial charge < -0.3 is 10.1 Å². The summed E-state index contributed by atoms with van der Waals surface area (Å²) in [6, 6.07) is 16.6. The van der Waals surface area contributed by atoms with Crippen LogP contribution in [-0.4, -0.2) is 19.1 Å². The first-order valence-corrected chi connectivity index (χ1v) is 7.22. The number of carbonyl (C=O) groups is 1. The Kier molecular flexibility index (Phi) is 4.02. The molecule has 0 spiro atoms. The Morgan fingerprint density at radius 1 is 1.19 bits per heavy atom. The largest absolute Gasteiger partial charge is 0.468 e. The van der Waals surface area contributed by atoms with Gasteiger partial charge in [-0.3, -0.25) is 4.79 Å². The second-order valence-electron chi connectivity index (χ2n) is 5.38. The van der Waals surface area contributed by atoms with E-state index in [1.165, 1.54) is 29.4 Å². The van der Waals surface area contributed by atoms with Crippen molar-refractivity contribution in [3.63, 3.8) is 0 Å². The molecule has 0 bridgehead atoms. The van der Waals surface area contributed by atoms with Gasteiger partial charge >= 0.3 is 5.97 Å². The van der Waals surface area contributed by atoms with Crippen molar-refractivity contribution < 1.29 is 9.53 Å². The van der Waals surface area contributed by atoms with E-state index < -0.39 is 0 Å². The summed E-state index contributed by atoms with van der Waals surface area (Å²) in [6.45, 7) is 0.720. The van der Waals surface area contributed by atoms with Crippen LogP contribution in [0.2, 0.25) is 0 Å². The van der Waals surface area contributed by atoms with Crippen LogP contribution in [0.4, 0.5) is 0 Å². The summed E-state index contributed by atoms with van der Waals surface area (Å²) < 4.78 is 4.86. The minimum atomic E-state index is -0.237. The summed E-state index contributed by atoms with van der Waals surface area (Å²) >= 11 is 0. The topological polar surface area (TPSA) is 38.3 Å².